The fraction of sp³-hybridized carbons (Fsp3) is 0.438. The van der Waals surface area contributed by atoms with Crippen molar-refractivity contribution in [1.29, 1.82) is 0 Å². The summed E-state index contributed by atoms with van der Waals surface area (Å²) in [6.45, 7) is 2.06. The standard InChI is InChI=1S/C16H16FN5O5/c1-4-16(6-25-8(2)23)12(27-9(3)24)10(5-26-16)22-7-19-11-13(18)20-15(17)21-14(11)22/h1,7,10,12H,5-6H2,2-3H3,(H2,18,20,21)/t10?,12-,16-/m1/s1. The van der Waals surface area contributed by atoms with Gasteiger partial charge in [0.05, 0.1) is 12.9 Å². The van der Waals surface area contributed by atoms with Gasteiger partial charge in [0.25, 0.3) is 0 Å². The molecule has 0 aromatic carbocycles. The van der Waals surface area contributed by atoms with Crippen LogP contribution >= 0.6 is 0 Å². The highest BCUT2D eigenvalue weighted by Gasteiger charge is 2.53. The Morgan fingerprint density at radius 3 is 2.85 bits per heavy atom. The number of ether oxygens (including phenoxy) is 3. The monoisotopic (exact) mass is 377 g/mol. The maximum atomic E-state index is 13.6. The molecule has 0 radical (unpaired) electrons. The Labute approximate surface area is 152 Å². The lowest BCUT2D eigenvalue weighted by atomic mass is 9.95. The van der Waals surface area contributed by atoms with Crippen LogP contribution in [0.5, 0.6) is 0 Å². The molecule has 0 aliphatic carbocycles. The van der Waals surface area contributed by atoms with Crippen molar-refractivity contribution in [1.82, 2.24) is 19.5 Å². The molecular formula is C16H16FN5O5. The van der Waals surface area contributed by atoms with Gasteiger partial charge in [-0.2, -0.15) is 14.4 Å². The summed E-state index contributed by atoms with van der Waals surface area (Å²) in [5, 5.41) is 0. The Kier molecular flexibility index (Phi) is 4.67. The minimum absolute atomic E-state index is 0.0274. The number of nitrogen functional groups attached to an aromatic ring is 1. The molecule has 142 valence electrons. The molecule has 27 heavy (non-hydrogen) atoms. The summed E-state index contributed by atoms with van der Waals surface area (Å²) in [4.78, 5) is 34.1. The highest BCUT2D eigenvalue weighted by molar-refractivity contribution is 5.81. The first-order chi connectivity index (χ1) is 12.8. The molecule has 3 rings (SSSR count). The Hall–Kier alpha value is -3.26. The van der Waals surface area contributed by atoms with E-state index in [9.17, 15) is 14.0 Å². The van der Waals surface area contributed by atoms with Gasteiger partial charge in [-0.15, -0.1) is 6.42 Å². The molecular weight excluding hydrogens is 361 g/mol. The van der Waals surface area contributed by atoms with Crippen molar-refractivity contribution < 1.29 is 28.2 Å². The average molecular weight is 377 g/mol. The second kappa shape index (κ2) is 6.81. The molecule has 1 aliphatic rings. The van der Waals surface area contributed by atoms with E-state index in [1.165, 1.54) is 24.7 Å². The lowest BCUT2D eigenvalue weighted by Crippen LogP contribution is -2.47. The van der Waals surface area contributed by atoms with Crippen LogP contribution in [0.25, 0.3) is 11.2 Å². The van der Waals surface area contributed by atoms with Crippen LogP contribution in [0.4, 0.5) is 10.2 Å². The topological polar surface area (TPSA) is 131 Å². The normalized spacial score (nSPS) is 24.5. The second-order valence-corrected chi connectivity index (χ2v) is 5.92. The van der Waals surface area contributed by atoms with E-state index in [-0.39, 0.29) is 30.2 Å². The average Bonchev–Trinajstić information content (AvgIpc) is 3.15. The van der Waals surface area contributed by atoms with Crippen molar-refractivity contribution >= 4 is 28.9 Å². The number of nitrogens with two attached hydrogens (primary N) is 1. The molecule has 2 N–H and O–H groups in total. The summed E-state index contributed by atoms with van der Waals surface area (Å²) < 4.78 is 31.1. The summed E-state index contributed by atoms with van der Waals surface area (Å²) in [6.07, 6.45) is 4.88. The quantitative estimate of drug-likeness (QED) is 0.444. The van der Waals surface area contributed by atoms with Gasteiger partial charge in [0.15, 0.2) is 17.6 Å². The third-order valence-electron chi connectivity index (χ3n) is 4.13. The van der Waals surface area contributed by atoms with Crippen molar-refractivity contribution in [2.24, 2.45) is 0 Å². The number of carbonyl (C=O) groups excluding carboxylic acids is 2. The van der Waals surface area contributed by atoms with Crippen molar-refractivity contribution in [2.75, 3.05) is 18.9 Å². The fourth-order valence-electron chi connectivity index (χ4n) is 2.94. The van der Waals surface area contributed by atoms with E-state index in [1.807, 2.05) is 0 Å². The van der Waals surface area contributed by atoms with Gasteiger partial charge in [-0.05, 0) is 0 Å². The van der Waals surface area contributed by atoms with E-state index >= 15 is 0 Å². The number of esters is 2. The Morgan fingerprint density at radius 1 is 1.48 bits per heavy atom. The number of anilines is 1. The first-order valence-corrected chi connectivity index (χ1v) is 7.85. The highest BCUT2D eigenvalue weighted by atomic mass is 19.1. The number of hydrogen-bond donors (Lipinski definition) is 1. The lowest BCUT2D eigenvalue weighted by molar-refractivity contribution is -0.161. The lowest BCUT2D eigenvalue weighted by Gasteiger charge is -2.30. The van der Waals surface area contributed by atoms with E-state index in [0.717, 1.165) is 0 Å². The van der Waals surface area contributed by atoms with Gasteiger partial charge in [-0.25, -0.2) is 4.98 Å². The van der Waals surface area contributed by atoms with Crippen LogP contribution in [-0.2, 0) is 23.8 Å². The molecule has 3 atom stereocenters. The smallest absolute Gasteiger partial charge is 0.312 e. The van der Waals surface area contributed by atoms with E-state index in [2.05, 4.69) is 20.9 Å². The maximum absolute atomic E-state index is 13.6. The Balaban J connectivity index is 2.06. The number of hydrogen-bond acceptors (Lipinski definition) is 9. The summed E-state index contributed by atoms with van der Waals surface area (Å²) in [5.41, 5.74) is 4.42. The first-order valence-electron chi connectivity index (χ1n) is 7.85. The largest absolute Gasteiger partial charge is 0.462 e. The minimum atomic E-state index is -1.52. The van der Waals surface area contributed by atoms with Gasteiger partial charge in [-0.3, -0.25) is 9.59 Å². The van der Waals surface area contributed by atoms with Gasteiger partial charge < -0.3 is 24.5 Å². The van der Waals surface area contributed by atoms with Crippen molar-refractivity contribution in [3.63, 3.8) is 0 Å². The number of imidazole rings is 1. The van der Waals surface area contributed by atoms with Gasteiger partial charge in [0, 0.05) is 13.8 Å². The zero-order valence-corrected chi connectivity index (χ0v) is 14.5. The van der Waals surface area contributed by atoms with Crippen molar-refractivity contribution in [3.05, 3.63) is 12.4 Å². The van der Waals surface area contributed by atoms with Gasteiger partial charge in [0.1, 0.15) is 18.2 Å². The molecule has 1 unspecified atom stereocenters. The molecule has 0 bridgehead atoms. The molecule has 0 saturated carbocycles. The molecule has 2 aromatic rings. The fourth-order valence-corrected chi connectivity index (χ4v) is 2.94. The number of aromatic nitrogens is 4. The zero-order valence-electron chi connectivity index (χ0n) is 14.5. The Bertz CT molecular complexity index is 955. The van der Waals surface area contributed by atoms with Crippen molar-refractivity contribution in [3.8, 4) is 12.3 Å². The number of fused-ring (bicyclic) bond motifs is 1. The third-order valence-corrected chi connectivity index (χ3v) is 4.13. The molecule has 1 saturated heterocycles. The summed E-state index contributed by atoms with van der Waals surface area (Å²) in [5.74, 6) is 1.07. The number of rotatable bonds is 4. The number of carbonyl (C=O) groups is 2. The third kappa shape index (κ3) is 3.26. The summed E-state index contributed by atoms with van der Waals surface area (Å²) >= 11 is 0. The number of nitrogens with zero attached hydrogens (tertiary/aromatic N) is 4. The summed E-state index contributed by atoms with van der Waals surface area (Å²) in [6, 6.07) is -0.709. The molecule has 2 aromatic heterocycles. The van der Waals surface area contributed by atoms with Crippen LogP contribution in [-0.4, -0.2) is 56.4 Å². The van der Waals surface area contributed by atoms with Gasteiger partial charge in [0.2, 0.25) is 5.60 Å². The zero-order chi connectivity index (χ0) is 19.8. The molecule has 3 heterocycles. The van der Waals surface area contributed by atoms with E-state index < -0.39 is 35.8 Å². The van der Waals surface area contributed by atoms with E-state index in [0.29, 0.717) is 0 Å². The SMILES string of the molecule is C#C[C@]1(COC(C)=O)OCC(n2cnc3c(N)nc(F)nc32)[C@H]1OC(C)=O. The molecule has 1 aliphatic heterocycles. The molecule has 1 fully saturated rings. The van der Waals surface area contributed by atoms with Gasteiger partial charge >= 0.3 is 18.0 Å². The Morgan fingerprint density at radius 2 is 2.22 bits per heavy atom. The second-order valence-electron chi connectivity index (χ2n) is 5.92. The maximum Gasteiger partial charge on any atom is 0.312 e. The van der Waals surface area contributed by atoms with Crippen LogP contribution in [0.2, 0.25) is 0 Å². The highest BCUT2D eigenvalue weighted by Crippen LogP contribution is 2.38. The van der Waals surface area contributed by atoms with Crippen LogP contribution in [0.1, 0.15) is 19.9 Å². The first kappa shape index (κ1) is 18.5. The summed E-state index contributed by atoms with van der Waals surface area (Å²) in [7, 11) is 0. The van der Waals surface area contributed by atoms with Crippen LogP contribution in [0.15, 0.2) is 6.33 Å². The number of terminal acetylenes is 1. The number of halogens is 1. The molecule has 10 nitrogen and oxygen atoms in total. The molecule has 11 heteroatoms. The predicted octanol–water partition coefficient (Wildman–Crippen LogP) is -0.0143. The van der Waals surface area contributed by atoms with Crippen LogP contribution < -0.4 is 5.73 Å². The van der Waals surface area contributed by atoms with Crippen LogP contribution in [0.3, 0.4) is 0 Å². The predicted molar refractivity (Wildman–Crippen MR) is 88.4 cm³/mol. The molecule has 0 spiro atoms. The van der Waals surface area contributed by atoms with Gasteiger partial charge in [-0.1, -0.05) is 5.92 Å². The molecule has 0 amide bonds. The van der Waals surface area contributed by atoms with Crippen LogP contribution in [0, 0.1) is 18.4 Å². The minimum Gasteiger partial charge on any atom is -0.462 e. The van der Waals surface area contributed by atoms with E-state index in [4.69, 9.17) is 26.4 Å². The van der Waals surface area contributed by atoms with E-state index in [1.54, 1.807) is 0 Å². The van der Waals surface area contributed by atoms with Crippen molar-refractivity contribution in [2.45, 2.75) is 31.6 Å².